The molecule has 0 amide bonds. The number of anilines is 1. The van der Waals surface area contributed by atoms with Crippen molar-refractivity contribution in [2.24, 2.45) is 0 Å². The van der Waals surface area contributed by atoms with E-state index in [1.54, 1.807) is 18.2 Å². The van der Waals surface area contributed by atoms with Gasteiger partial charge in [-0.2, -0.15) is 13.2 Å². The maximum absolute atomic E-state index is 12.8. The van der Waals surface area contributed by atoms with Crippen molar-refractivity contribution >= 4 is 5.69 Å². The van der Waals surface area contributed by atoms with Gasteiger partial charge in [0, 0.05) is 11.3 Å². The average Bonchev–Trinajstić information content (AvgIpc) is 2.37. The van der Waals surface area contributed by atoms with Gasteiger partial charge in [-0.15, -0.1) is 0 Å². The lowest BCUT2D eigenvalue weighted by atomic mass is 9.96. The van der Waals surface area contributed by atoms with E-state index >= 15 is 0 Å². The van der Waals surface area contributed by atoms with E-state index in [4.69, 9.17) is 5.73 Å². The van der Waals surface area contributed by atoms with Crippen LogP contribution in [0, 0.1) is 6.92 Å². The smallest absolute Gasteiger partial charge is 0.398 e. The Hall–Kier alpha value is -2.01. The highest BCUT2D eigenvalue weighted by atomic mass is 19.4. The highest BCUT2D eigenvalue weighted by Crippen LogP contribution is 2.38. The minimum atomic E-state index is -4.54. The lowest BCUT2D eigenvalue weighted by molar-refractivity contribution is -0.137. The monoisotopic (exact) mass is 281 g/mol. The van der Waals surface area contributed by atoms with E-state index < -0.39 is 23.5 Å². The topological polar surface area (TPSA) is 46.2 Å². The number of aliphatic hydroxyl groups is 1. The summed E-state index contributed by atoms with van der Waals surface area (Å²) in [7, 11) is 0. The van der Waals surface area contributed by atoms with Crippen molar-refractivity contribution in [1.29, 1.82) is 0 Å². The second kappa shape index (κ2) is 5.17. The largest absolute Gasteiger partial charge is 0.418 e. The second-order valence-corrected chi connectivity index (χ2v) is 4.62. The van der Waals surface area contributed by atoms with E-state index in [-0.39, 0.29) is 5.56 Å². The van der Waals surface area contributed by atoms with Crippen molar-refractivity contribution in [2.45, 2.75) is 19.2 Å². The molecule has 0 aromatic heterocycles. The predicted octanol–water partition coefficient (Wildman–Crippen LogP) is 3.68. The van der Waals surface area contributed by atoms with Crippen molar-refractivity contribution in [3.8, 4) is 0 Å². The summed E-state index contributed by atoms with van der Waals surface area (Å²) >= 11 is 0. The second-order valence-electron chi connectivity index (χ2n) is 4.62. The fraction of sp³-hybridized carbons (Fsp3) is 0.200. The molecule has 0 aliphatic carbocycles. The summed E-state index contributed by atoms with van der Waals surface area (Å²) in [6.45, 7) is 1.84. The number of rotatable bonds is 2. The zero-order chi connectivity index (χ0) is 14.9. The molecule has 0 saturated carbocycles. The van der Waals surface area contributed by atoms with Gasteiger partial charge in [0.25, 0.3) is 0 Å². The molecule has 0 aliphatic heterocycles. The third kappa shape index (κ3) is 2.77. The summed E-state index contributed by atoms with van der Waals surface area (Å²) in [5, 5.41) is 10.2. The first-order chi connectivity index (χ1) is 9.30. The molecule has 3 N–H and O–H groups in total. The Labute approximate surface area is 114 Å². The Kier molecular flexibility index (Phi) is 3.72. The fourth-order valence-corrected chi connectivity index (χ4v) is 2.09. The Morgan fingerprint density at radius 3 is 2.35 bits per heavy atom. The zero-order valence-corrected chi connectivity index (χ0v) is 10.8. The van der Waals surface area contributed by atoms with Gasteiger partial charge in [0.1, 0.15) is 6.10 Å². The molecule has 0 radical (unpaired) electrons. The third-order valence-electron chi connectivity index (χ3n) is 3.10. The number of halogens is 3. The molecule has 2 aromatic carbocycles. The van der Waals surface area contributed by atoms with Gasteiger partial charge in [-0.25, -0.2) is 0 Å². The first-order valence-corrected chi connectivity index (χ1v) is 6.01. The van der Waals surface area contributed by atoms with Crippen LogP contribution in [-0.4, -0.2) is 5.11 Å². The number of para-hydroxylation sites is 1. The minimum Gasteiger partial charge on any atom is -0.398 e. The fourth-order valence-electron chi connectivity index (χ4n) is 2.09. The third-order valence-corrected chi connectivity index (χ3v) is 3.10. The Balaban J connectivity index is 2.48. The van der Waals surface area contributed by atoms with Gasteiger partial charge in [-0.05, 0) is 18.6 Å². The van der Waals surface area contributed by atoms with Gasteiger partial charge >= 0.3 is 6.18 Å². The van der Waals surface area contributed by atoms with Crippen LogP contribution in [-0.2, 0) is 6.18 Å². The minimum absolute atomic E-state index is 0.0606. The maximum atomic E-state index is 12.8. The summed E-state index contributed by atoms with van der Waals surface area (Å²) in [4.78, 5) is 0. The van der Waals surface area contributed by atoms with Crippen LogP contribution in [0.5, 0.6) is 0 Å². The quantitative estimate of drug-likeness (QED) is 0.825. The number of alkyl halides is 3. The summed E-state index contributed by atoms with van der Waals surface area (Å²) in [6, 6.07) is 10.5. The summed E-state index contributed by atoms with van der Waals surface area (Å²) in [5.74, 6) is 0. The number of hydrogen-bond donors (Lipinski definition) is 2. The van der Waals surface area contributed by atoms with Crippen LogP contribution < -0.4 is 5.73 Å². The first-order valence-electron chi connectivity index (χ1n) is 6.01. The molecule has 2 aromatic rings. The molecular weight excluding hydrogens is 267 g/mol. The van der Waals surface area contributed by atoms with Gasteiger partial charge in [0.15, 0.2) is 0 Å². The lowest BCUT2D eigenvalue weighted by Crippen LogP contribution is -2.13. The van der Waals surface area contributed by atoms with E-state index in [0.29, 0.717) is 5.56 Å². The van der Waals surface area contributed by atoms with Gasteiger partial charge < -0.3 is 10.8 Å². The Morgan fingerprint density at radius 1 is 1.10 bits per heavy atom. The highest BCUT2D eigenvalue weighted by molar-refractivity contribution is 5.57. The van der Waals surface area contributed by atoms with Crippen LogP contribution in [0.2, 0.25) is 0 Å². The first kappa shape index (κ1) is 14.4. The van der Waals surface area contributed by atoms with E-state index in [1.165, 1.54) is 12.1 Å². The lowest BCUT2D eigenvalue weighted by Gasteiger charge is -2.18. The van der Waals surface area contributed by atoms with Crippen molar-refractivity contribution in [3.63, 3.8) is 0 Å². The number of nitrogens with two attached hydrogens (primary N) is 1. The molecule has 2 rings (SSSR count). The van der Waals surface area contributed by atoms with Gasteiger partial charge in [0.2, 0.25) is 0 Å². The molecule has 0 fully saturated rings. The highest BCUT2D eigenvalue weighted by Gasteiger charge is 2.34. The normalized spacial score (nSPS) is 13.2. The molecule has 1 atom stereocenters. The predicted molar refractivity (Wildman–Crippen MR) is 71.1 cm³/mol. The standard InChI is InChI=1S/C15H14F3NO/c1-9-4-2-5-10(8-9)14(20)11-6-3-7-12(13(11)19)15(16,17)18/h2-8,14,20H,19H2,1H3. The van der Waals surface area contributed by atoms with Crippen LogP contribution in [0.15, 0.2) is 42.5 Å². The molecule has 0 saturated heterocycles. The molecule has 2 nitrogen and oxygen atoms in total. The molecular formula is C15H14F3NO. The van der Waals surface area contributed by atoms with Crippen LogP contribution in [0.4, 0.5) is 18.9 Å². The van der Waals surface area contributed by atoms with Crippen LogP contribution in [0.25, 0.3) is 0 Å². The van der Waals surface area contributed by atoms with E-state index in [0.717, 1.165) is 11.6 Å². The molecule has 1 unspecified atom stereocenters. The average molecular weight is 281 g/mol. The number of hydrogen-bond acceptors (Lipinski definition) is 2. The van der Waals surface area contributed by atoms with E-state index in [1.807, 2.05) is 13.0 Å². The van der Waals surface area contributed by atoms with Crippen molar-refractivity contribution < 1.29 is 18.3 Å². The molecule has 0 aliphatic rings. The van der Waals surface area contributed by atoms with Crippen LogP contribution in [0.1, 0.15) is 28.4 Å². The summed E-state index contributed by atoms with van der Waals surface area (Å²) in [5.41, 5.74) is 5.68. The van der Waals surface area contributed by atoms with Crippen molar-refractivity contribution in [1.82, 2.24) is 0 Å². The van der Waals surface area contributed by atoms with Gasteiger partial charge in [0.05, 0.1) is 5.56 Å². The number of nitrogen functional groups attached to an aromatic ring is 1. The molecule has 5 heteroatoms. The molecule has 0 heterocycles. The number of aryl methyl sites for hydroxylation is 1. The number of aliphatic hydroxyl groups excluding tert-OH is 1. The van der Waals surface area contributed by atoms with Crippen LogP contribution in [0.3, 0.4) is 0 Å². The molecule has 0 bridgehead atoms. The van der Waals surface area contributed by atoms with E-state index in [2.05, 4.69) is 0 Å². The molecule has 20 heavy (non-hydrogen) atoms. The van der Waals surface area contributed by atoms with Crippen molar-refractivity contribution in [3.05, 3.63) is 64.7 Å². The summed E-state index contributed by atoms with van der Waals surface area (Å²) < 4.78 is 38.4. The Bertz CT molecular complexity index is 623. The molecule has 106 valence electrons. The van der Waals surface area contributed by atoms with Crippen molar-refractivity contribution in [2.75, 3.05) is 5.73 Å². The van der Waals surface area contributed by atoms with Gasteiger partial charge in [-0.1, -0.05) is 42.0 Å². The number of benzene rings is 2. The van der Waals surface area contributed by atoms with E-state index in [9.17, 15) is 18.3 Å². The maximum Gasteiger partial charge on any atom is 0.418 e. The molecule has 0 spiro atoms. The van der Waals surface area contributed by atoms with Crippen LogP contribution >= 0.6 is 0 Å². The summed E-state index contributed by atoms with van der Waals surface area (Å²) in [6.07, 6.45) is -5.72. The zero-order valence-electron chi connectivity index (χ0n) is 10.8. The van der Waals surface area contributed by atoms with Gasteiger partial charge in [-0.3, -0.25) is 0 Å². The SMILES string of the molecule is Cc1cccc(C(O)c2cccc(C(F)(F)F)c2N)c1. The Morgan fingerprint density at radius 2 is 1.75 bits per heavy atom.